The van der Waals surface area contributed by atoms with Crippen LogP contribution in [0, 0.1) is 6.92 Å². The van der Waals surface area contributed by atoms with E-state index in [2.05, 4.69) is 10.2 Å². The number of hydrogen-bond donors (Lipinski definition) is 2. The number of hydrogen-bond acceptors (Lipinski definition) is 4. The maximum atomic E-state index is 12.0. The fraction of sp³-hybridized carbons (Fsp3) is 0.556. The van der Waals surface area contributed by atoms with Gasteiger partial charge in [-0.2, -0.15) is 0 Å². The molecule has 126 valence electrons. The van der Waals surface area contributed by atoms with E-state index >= 15 is 0 Å². The summed E-state index contributed by atoms with van der Waals surface area (Å²) >= 11 is 0. The van der Waals surface area contributed by atoms with E-state index in [4.69, 9.17) is 0 Å². The van der Waals surface area contributed by atoms with Gasteiger partial charge in [0.1, 0.15) is 0 Å². The first-order valence-corrected chi connectivity index (χ1v) is 8.36. The van der Waals surface area contributed by atoms with E-state index in [1.165, 1.54) is 0 Å². The highest BCUT2D eigenvalue weighted by molar-refractivity contribution is 6.42. The number of ketones is 1. The van der Waals surface area contributed by atoms with Crippen molar-refractivity contribution in [2.45, 2.75) is 38.6 Å². The minimum Gasteiger partial charge on any atom is -0.395 e. The summed E-state index contributed by atoms with van der Waals surface area (Å²) in [6.07, 6.45) is 4.00. The molecule has 0 saturated carbocycles. The molecule has 0 aliphatic carbocycles. The number of unbranched alkanes of at least 4 members (excludes halogenated alkanes) is 1. The van der Waals surface area contributed by atoms with Gasteiger partial charge in [0.15, 0.2) is 0 Å². The Hall–Kier alpha value is -1.72. The number of carbonyl (C=O) groups excluding carboxylic acids is 2. The van der Waals surface area contributed by atoms with Gasteiger partial charge in [0.05, 0.1) is 6.61 Å². The number of nitrogens with one attached hydrogen (secondary N) is 1. The number of amides is 1. The molecular formula is C18H26N2O3. The van der Waals surface area contributed by atoms with Gasteiger partial charge >= 0.3 is 0 Å². The standard InChI is InChI=1S/C18H26N2O3/c1-14-6-8-15(9-7-14)17(22)18(23)19-10-2-3-11-20-12-4-5-16(20)13-21/h6-9,16,21H,2-5,10-13H2,1H3,(H,19,23). The van der Waals surface area contributed by atoms with Gasteiger partial charge in [-0.05, 0) is 45.7 Å². The van der Waals surface area contributed by atoms with E-state index in [1.54, 1.807) is 12.1 Å². The molecule has 1 fully saturated rings. The average Bonchev–Trinajstić information content (AvgIpc) is 3.02. The Morgan fingerprint density at radius 3 is 2.70 bits per heavy atom. The SMILES string of the molecule is Cc1ccc(C(=O)C(=O)NCCCCN2CCCC2CO)cc1. The van der Waals surface area contributed by atoms with Crippen LogP contribution in [0.1, 0.15) is 41.6 Å². The maximum absolute atomic E-state index is 12.0. The molecule has 5 nitrogen and oxygen atoms in total. The van der Waals surface area contributed by atoms with Crippen LogP contribution < -0.4 is 5.32 Å². The molecule has 1 aliphatic heterocycles. The van der Waals surface area contributed by atoms with Gasteiger partial charge in [-0.3, -0.25) is 14.5 Å². The van der Waals surface area contributed by atoms with Crippen molar-refractivity contribution in [2.75, 3.05) is 26.2 Å². The van der Waals surface area contributed by atoms with E-state index in [9.17, 15) is 14.7 Å². The zero-order valence-corrected chi connectivity index (χ0v) is 13.8. The average molecular weight is 318 g/mol. The highest BCUT2D eigenvalue weighted by Crippen LogP contribution is 2.16. The molecule has 2 N–H and O–H groups in total. The molecule has 2 rings (SSSR count). The maximum Gasteiger partial charge on any atom is 0.292 e. The fourth-order valence-corrected chi connectivity index (χ4v) is 2.95. The van der Waals surface area contributed by atoms with Crippen LogP contribution in [0.15, 0.2) is 24.3 Å². The zero-order valence-electron chi connectivity index (χ0n) is 13.8. The van der Waals surface area contributed by atoms with Crippen LogP contribution in [-0.2, 0) is 4.79 Å². The van der Waals surface area contributed by atoms with E-state index in [1.807, 2.05) is 19.1 Å². The van der Waals surface area contributed by atoms with Crippen molar-refractivity contribution in [1.29, 1.82) is 0 Å². The fourth-order valence-electron chi connectivity index (χ4n) is 2.95. The summed E-state index contributed by atoms with van der Waals surface area (Å²) in [6.45, 7) is 4.66. The summed E-state index contributed by atoms with van der Waals surface area (Å²) in [6, 6.07) is 7.31. The molecule has 23 heavy (non-hydrogen) atoms. The third kappa shape index (κ3) is 5.15. The molecule has 0 radical (unpaired) electrons. The smallest absolute Gasteiger partial charge is 0.292 e. The van der Waals surface area contributed by atoms with Gasteiger partial charge in [-0.15, -0.1) is 0 Å². The molecule has 0 bridgehead atoms. The molecule has 1 unspecified atom stereocenters. The Morgan fingerprint density at radius 2 is 2.00 bits per heavy atom. The lowest BCUT2D eigenvalue weighted by molar-refractivity contribution is -0.117. The topological polar surface area (TPSA) is 69.6 Å². The molecule has 1 saturated heterocycles. The number of aliphatic hydroxyl groups is 1. The number of aryl methyl sites for hydroxylation is 1. The molecule has 1 atom stereocenters. The Balaban J connectivity index is 1.64. The first-order chi connectivity index (χ1) is 11.1. The van der Waals surface area contributed by atoms with Crippen LogP contribution >= 0.6 is 0 Å². The van der Waals surface area contributed by atoms with Crippen LogP contribution in [0.2, 0.25) is 0 Å². The number of rotatable bonds is 8. The molecule has 1 aromatic rings. The largest absolute Gasteiger partial charge is 0.395 e. The number of benzene rings is 1. The Labute approximate surface area is 137 Å². The van der Waals surface area contributed by atoms with Crippen LogP contribution in [0.4, 0.5) is 0 Å². The highest BCUT2D eigenvalue weighted by Gasteiger charge is 2.22. The van der Waals surface area contributed by atoms with E-state index in [-0.39, 0.29) is 6.61 Å². The molecule has 0 aromatic heterocycles. The quantitative estimate of drug-likeness (QED) is 0.433. The van der Waals surface area contributed by atoms with Crippen LogP contribution in [-0.4, -0.2) is 54.0 Å². The van der Waals surface area contributed by atoms with Crippen molar-refractivity contribution in [2.24, 2.45) is 0 Å². The lowest BCUT2D eigenvalue weighted by Crippen LogP contribution is -2.34. The van der Waals surface area contributed by atoms with Gasteiger partial charge in [-0.25, -0.2) is 0 Å². The summed E-state index contributed by atoms with van der Waals surface area (Å²) in [5, 5.41) is 12.0. The van der Waals surface area contributed by atoms with E-state index in [0.717, 1.165) is 44.3 Å². The molecule has 1 amide bonds. The summed E-state index contributed by atoms with van der Waals surface area (Å²) < 4.78 is 0. The molecule has 1 aliphatic rings. The van der Waals surface area contributed by atoms with Gasteiger partial charge < -0.3 is 10.4 Å². The van der Waals surface area contributed by atoms with Crippen molar-refractivity contribution >= 4 is 11.7 Å². The van der Waals surface area contributed by atoms with Gasteiger partial charge in [0.25, 0.3) is 5.91 Å². The first-order valence-electron chi connectivity index (χ1n) is 8.36. The number of nitrogens with zero attached hydrogens (tertiary/aromatic N) is 1. The summed E-state index contributed by atoms with van der Waals surface area (Å²) in [4.78, 5) is 26.1. The van der Waals surface area contributed by atoms with Gasteiger partial charge in [-0.1, -0.05) is 29.8 Å². The van der Waals surface area contributed by atoms with Gasteiger partial charge in [0, 0.05) is 18.2 Å². The van der Waals surface area contributed by atoms with Crippen molar-refractivity contribution < 1.29 is 14.7 Å². The monoisotopic (exact) mass is 318 g/mol. The summed E-state index contributed by atoms with van der Waals surface area (Å²) in [5.41, 5.74) is 1.49. The molecular weight excluding hydrogens is 292 g/mol. The lowest BCUT2D eigenvalue weighted by Gasteiger charge is -2.22. The third-order valence-electron chi connectivity index (χ3n) is 4.39. The van der Waals surface area contributed by atoms with Crippen LogP contribution in [0.25, 0.3) is 0 Å². The molecule has 1 heterocycles. The second-order valence-corrected chi connectivity index (χ2v) is 6.17. The molecule has 1 aromatic carbocycles. The lowest BCUT2D eigenvalue weighted by atomic mass is 10.1. The first kappa shape index (κ1) is 17.6. The Bertz CT molecular complexity index is 528. The number of Topliss-reactive ketones (excluding diaryl/α,β-unsaturated/α-hetero) is 1. The predicted octanol–water partition coefficient (Wildman–Crippen LogP) is 1.53. The molecule has 5 heteroatoms. The highest BCUT2D eigenvalue weighted by atomic mass is 16.3. The normalized spacial score (nSPS) is 18.1. The minimum atomic E-state index is -0.539. The van der Waals surface area contributed by atoms with Crippen molar-refractivity contribution in [3.05, 3.63) is 35.4 Å². The third-order valence-corrected chi connectivity index (χ3v) is 4.39. The summed E-state index contributed by atoms with van der Waals surface area (Å²) in [5.74, 6) is -1.02. The van der Waals surface area contributed by atoms with Crippen molar-refractivity contribution in [1.82, 2.24) is 10.2 Å². The summed E-state index contributed by atoms with van der Waals surface area (Å²) in [7, 11) is 0. The number of aliphatic hydroxyl groups excluding tert-OH is 1. The second kappa shape index (κ2) is 8.79. The van der Waals surface area contributed by atoms with Gasteiger partial charge in [0.2, 0.25) is 5.78 Å². The van der Waals surface area contributed by atoms with Crippen molar-refractivity contribution in [3.63, 3.8) is 0 Å². The Morgan fingerprint density at radius 1 is 1.26 bits per heavy atom. The van der Waals surface area contributed by atoms with E-state index in [0.29, 0.717) is 18.2 Å². The minimum absolute atomic E-state index is 0.224. The Kier molecular flexibility index (Phi) is 6.74. The van der Waals surface area contributed by atoms with Crippen LogP contribution in [0.3, 0.4) is 0 Å². The number of likely N-dealkylation sites (tertiary alicyclic amines) is 1. The van der Waals surface area contributed by atoms with Crippen LogP contribution in [0.5, 0.6) is 0 Å². The van der Waals surface area contributed by atoms with E-state index < -0.39 is 11.7 Å². The zero-order chi connectivity index (χ0) is 16.7. The second-order valence-electron chi connectivity index (χ2n) is 6.17. The predicted molar refractivity (Wildman–Crippen MR) is 89.4 cm³/mol. The van der Waals surface area contributed by atoms with Crippen molar-refractivity contribution in [3.8, 4) is 0 Å². The number of carbonyl (C=O) groups is 2. The molecule has 0 spiro atoms.